The number of benzene rings is 1. The molecule has 8 heteroatoms. The first-order valence-corrected chi connectivity index (χ1v) is 7.82. The average molecular weight is 359 g/mol. The molecule has 1 atom stereocenters. The number of hydrogen-bond acceptors (Lipinski definition) is 4. The topological polar surface area (TPSA) is 55.8 Å². The van der Waals surface area contributed by atoms with Crippen molar-refractivity contribution in [2.75, 3.05) is 13.1 Å². The Labute approximate surface area is 143 Å². The second-order valence-corrected chi connectivity index (χ2v) is 6.85. The van der Waals surface area contributed by atoms with E-state index >= 15 is 0 Å². The van der Waals surface area contributed by atoms with Crippen molar-refractivity contribution in [2.24, 2.45) is 5.92 Å². The number of ether oxygens (including phenoxy) is 2. The Hall–Kier alpha value is -2.25. The second-order valence-electron chi connectivity index (χ2n) is 6.85. The van der Waals surface area contributed by atoms with Gasteiger partial charge in [0.1, 0.15) is 11.4 Å². The zero-order valence-electron chi connectivity index (χ0n) is 14.2. The first-order valence-electron chi connectivity index (χ1n) is 7.82. The summed E-state index contributed by atoms with van der Waals surface area (Å²) in [6.07, 6.45) is -4.76. The molecule has 1 saturated heterocycles. The fourth-order valence-corrected chi connectivity index (χ4v) is 2.52. The molecule has 138 valence electrons. The van der Waals surface area contributed by atoms with E-state index in [0.29, 0.717) is 13.0 Å². The van der Waals surface area contributed by atoms with E-state index in [9.17, 15) is 22.8 Å². The van der Waals surface area contributed by atoms with Crippen molar-refractivity contribution in [3.63, 3.8) is 0 Å². The maximum Gasteiger partial charge on any atom is 0.573 e. The van der Waals surface area contributed by atoms with Crippen molar-refractivity contribution >= 4 is 11.9 Å². The minimum atomic E-state index is -4.77. The number of Topliss-reactive ketones (excluding diaryl/α,β-unsaturated/α-hetero) is 1. The van der Waals surface area contributed by atoms with E-state index in [2.05, 4.69) is 4.74 Å². The summed E-state index contributed by atoms with van der Waals surface area (Å²) in [7, 11) is 0. The van der Waals surface area contributed by atoms with Gasteiger partial charge in [-0.2, -0.15) is 0 Å². The van der Waals surface area contributed by atoms with Gasteiger partial charge in [-0.05, 0) is 51.5 Å². The van der Waals surface area contributed by atoms with E-state index in [1.54, 1.807) is 20.8 Å². The Morgan fingerprint density at radius 1 is 1.12 bits per heavy atom. The molecular weight excluding hydrogens is 339 g/mol. The molecule has 0 spiro atoms. The molecule has 25 heavy (non-hydrogen) atoms. The molecule has 2 rings (SSSR count). The van der Waals surface area contributed by atoms with E-state index in [-0.39, 0.29) is 23.6 Å². The summed E-state index contributed by atoms with van der Waals surface area (Å²) in [5.74, 6) is -1.00. The molecule has 1 aromatic carbocycles. The molecule has 1 aromatic rings. The highest BCUT2D eigenvalue weighted by atomic mass is 19.4. The standard InChI is InChI=1S/C17H20F3NO4/c1-16(2,3)25-15(23)21-9-8-12(10-21)14(22)11-4-6-13(7-5-11)24-17(18,19)20/h4-7,12H,8-10H2,1-3H3/t12-/m1/s1. The molecule has 0 radical (unpaired) electrons. The van der Waals surface area contributed by atoms with Gasteiger partial charge < -0.3 is 14.4 Å². The van der Waals surface area contributed by atoms with Crippen LogP contribution in [0.25, 0.3) is 0 Å². The van der Waals surface area contributed by atoms with Gasteiger partial charge in [0.25, 0.3) is 0 Å². The Kier molecular flexibility index (Phi) is 5.29. The lowest BCUT2D eigenvalue weighted by Gasteiger charge is -2.24. The molecule has 0 bridgehead atoms. The summed E-state index contributed by atoms with van der Waals surface area (Å²) in [5, 5.41) is 0. The van der Waals surface area contributed by atoms with Crippen molar-refractivity contribution in [3.05, 3.63) is 29.8 Å². The quantitative estimate of drug-likeness (QED) is 0.765. The second kappa shape index (κ2) is 6.93. The summed E-state index contributed by atoms with van der Waals surface area (Å²) < 4.78 is 45.5. The third-order valence-electron chi connectivity index (χ3n) is 3.58. The van der Waals surface area contributed by atoms with Gasteiger partial charge in [-0.15, -0.1) is 13.2 Å². The minimum absolute atomic E-state index is 0.218. The van der Waals surface area contributed by atoms with Crippen LogP contribution in [0, 0.1) is 5.92 Å². The minimum Gasteiger partial charge on any atom is -0.444 e. The number of amides is 1. The molecule has 1 fully saturated rings. The lowest BCUT2D eigenvalue weighted by atomic mass is 9.97. The van der Waals surface area contributed by atoms with Gasteiger partial charge in [0, 0.05) is 24.6 Å². The lowest BCUT2D eigenvalue weighted by molar-refractivity contribution is -0.274. The number of likely N-dealkylation sites (tertiary alicyclic amines) is 1. The number of ketones is 1. The van der Waals surface area contributed by atoms with Crippen LogP contribution in [0.15, 0.2) is 24.3 Å². The molecule has 1 heterocycles. The molecule has 1 aliphatic heterocycles. The normalized spacial score (nSPS) is 18.2. The van der Waals surface area contributed by atoms with Crippen molar-refractivity contribution in [1.29, 1.82) is 0 Å². The third kappa shape index (κ3) is 5.65. The summed E-state index contributed by atoms with van der Waals surface area (Å²) in [6, 6.07) is 4.78. The fourth-order valence-electron chi connectivity index (χ4n) is 2.52. The highest BCUT2D eigenvalue weighted by Crippen LogP contribution is 2.26. The van der Waals surface area contributed by atoms with Crippen LogP contribution in [0.5, 0.6) is 5.75 Å². The largest absolute Gasteiger partial charge is 0.573 e. The molecule has 5 nitrogen and oxygen atoms in total. The number of rotatable bonds is 3. The highest BCUT2D eigenvalue weighted by Gasteiger charge is 2.34. The van der Waals surface area contributed by atoms with Gasteiger partial charge in [0.15, 0.2) is 5.78 Å². The van der Waals surface area contributed by atoms with E-state index < -0.39 is 24.0 Å². The number of alkyl halides is 3. The molecule has 0 saturated carbocycles. The Bertz CT molecular complexity index is 635. The predicted molar refractivity (Wildman–Crippen MR) is 83.4 cm³/mol. The molecule has 0 unspecified atom stereocenters. The van der Waals surface area contributed by atoms with E-state index in [1.165, 1.54) is 17.0 Å². The van der Waals surface area contributed by atoms with Crippen LogP contribution in [0.4, 0.5) is 18.0 Å². The lowest BCUT2D eigenvalue weighted by Crippen LogP contribution is -2.35. The first-order chi connectivity index (χ1) is 11.4. The van der Waals surface area contributed by atoms with Crippen LogP contribution in [0.3, 0.4) is 0 Å². The summed E-state index contributed by atoms with van der Waals surface area (Å²) in [4.78, 5) is 25.9. The number of hydrogen-bond donors (Lipinski definition) is 0. The smallest absolute Gasteiger partial charge is 0.444 e. The predicted octanol–water partition coefficient (Wildman–Crippen LogP) is 4.02. The molecule has 0 aromatic heterocycles. The molecule has 0 aliphatic carbocycles. The van der Waals surface area contributed by atoms with Crippen molar-refractivity contribution in [3.8, 4) is 5.75 Å². The monoisotopic (exact) mass is 359 g/mol. The Morgan fingerprint density at radius 2 is 1.72 bits per heavy atom. The maximum absolute atomic E-state index is 12.5. The maximum atomic E-state index is 12.5. The van der Waals surface area contributed by atoms with Gasteiger partial charge in [-0.1, -0.05) is 0 Å². The number of carbonyl (C=O) groups is 2. The van der Waals surface area contributed by atoms with Gasteiger partial charge in [0.05, 0.1) is 0 Å². The molecule has 1 aliphatic rings. The molecule has 0 N–H and O–H groups in total. The third-order valence-corrected chi connectivity index (χ3v) is 3.58. The summed E-state index contributed by atoms with van der Waals surface area (Å²) >= 11 is 0. The Morgan fingerprint density at radius 3 is 2.24 bits per heavy atom. The first kappa shape index (κ1) is 19.1. The van der Waals surface area contributed by atoms with Crippen LogP contribution in [0.1, 0.15) is 37.6 Å². The SMILES string of the molecule is CC(C)(C)OC(=O)N1CC[C@@H](C(=O)c2ccc(OC(F)(F)F)cc2)C1. The van der Waals surface area contributed by atoms with Gasteiger partial charge in [-0.25, -0.2) is 4.79 Å². The van der Waals surface area contributed by atoms with Crippen LogP contribution in [0.2, 0.25) is 0 Å². The van der Waals surface area contributed by atoms with E-state index in [1.807, 2.05) is 0 Å². The molecule has 1 amide bonds. The van der Waals surface area contributed by atoms with Crippen LogP contribution < -0.4 is 4.74 Å². The fraction of sp³-hybridized carbons (Fsp3) is 0.529. The number of halogens is 3. The van der Waals surface area contributed by atoms with Gasteiger partial charge >= 0.3 is 12.5 Å². The van der Waals surface area contributed by atoms with Crippen molar-refractivity contribution in [2.45, 2.75) is 39.2 Å². The summed E-state index contributed by atoms with van der Waals surface area (Å²) in [6.45, 7) is 5.91. The van der Waals surface area contributed by atoms with Crippen molar-refractivity contribution < 1.29 is 32.2 Å². The average Bonchev–Trinajstić information content (AvgIpc) is 2.93. The zero-order valence-corrected chi connectivity index (χ0v) is 14.2. The van der Waals surface area contributed by atoms with Gasteiger partial charge in [0.2, 0.25) is 0 Å². The molecular formula is C17H20F3NO4. The van der Waals surface area contributed by atoms with E-state index in [4.69, 9.17) is 4.74 Å². The van der Waals surface area contributed by atoms with Gasteiger partial charge in [-0.3, -0.25) is 4.79 Å². The van der Waals surface area contributed by atoms with Crippen molar-refractivity contribution in [1.82, 2.24) is 4.90 Å². The zero-order chi connectivity index (χ0) is 18.8. The van der Waals surface area contributed by atoms with Crippen LogP contribution in [-0.2, 0) is 4.74 Å². The van der Waals surface area contributed by atoms with Crippen LogP contribution >= 0.6 is 0 Å². The number of nitrogens with zero attached hydrogens (tertiary/aromatic N) is 1. The highest BCUT2D eigenvalue weighted by molar-refractivity contribution is 5.98. The van der Waals surface area contributed by atoms with Crippen LogP contribution in [-0.4, -0.2) is 41.8 Å². The van der Waals surface area contributed by atoms with E-state index in [0.717, 1.165) is 12.1 Å². The number of carbonyl (C=O) groups excluding carboxylic acids is 2. The Balaban J connectivity index is 1.96. The summed E-state index contributed by atoms with van der Waals surface area (Å²) in [5.41, 5.74) is -0.335.